The maximum Gasteiger partial charge on any atom is 0.410 e. The van der Waals surface area contributed by atoms with E-state index in [-0.39, 0.29) is 6.09 Å². The number of thiazole rings is 1. The lowest BCUT2D eigenvalue weighted by atomic mass is 10.1. The van der Waals surface area contributed by atoms with E-state index in [1.165, 1.54) is 5.69 Å². The molecule has 0 aliphatic carbocycles. The van der Waals surface area contributed by atoms with Crippen molar-refractivity contribution >= 4 is 33.3 Å². The zero-order chi connectivity index (χ0) is 30.0. The van der Waals surface area contributed by atoms with E-state index in [2.05, 4.69) is 39.0 Å². The van der Waals surface area contributed by atoms with Gasteiger partial charge in [-0.2, -0.15) is 0 Å². The maximum absolute atomic E-state index is 12.3. The third-order valence-electron chi connectivity index (χ3n) is 8.60. The number of hydrogen-bond acceptors (Lipinski definition) is 9. The number of likely N-dealkylation sites (tertiary alicyclic amines) is 1. The molecule has 0 unspecified atom stereocenters. The van der Waals surface area contributed by atoms with Crippen LogP contribution in [0.3, 0.4) is 0 Å². The number of methoxy groups -OCH3 is 1. The highest BCUT2D eigenvalue weighted by atomic mass is 32.1. The number of anilines is 1. The maximum atomic E-state index is 12.3. The van der Waals surface area contributed by atoms with Crippen LogP contribution in [0.25, 0.3) is 20.8 Å². The van der Waals surface area contributed by atoms with E-state index in [1.54, 1.807) is 18.4 Å². The standard InChI is InChI=1S/C33H45N5O4S/c1-33(2,3)42-32(39)37-19-17-36(18-20-37)16-15-35-13-11-26(12-14-35)41-28-22-38(23-28)25-7-5-24(6-8-25)31-34-29-10-9-27(40-4)21-30(29)43-31/h5-10,21,26,28H,11-20,22-23H2,1-4H3. The fraction of sp³-hybridized carbons (Fsp3) is 0.576. The van der Waals surface area contributed by atoms with Crippen LogP contribution in [0.4, 0.5) is 10.5 Å². The molecule has 1 aromatic heterocycles. The summed E-state index contributed by atoms with van der Waals surface area (Å²) < 4.78 is 18.5. The summed E-state index contributed by atoms with van der Waals surface area (Å²) in [5.41, 5.74) is 2.96. The summed E-state index contributed by atoms with van der Waals surface area (Å²) in [7, 11) is 1.69. The van der Waals surface area contributed by atoms with Crippen LogP contribution >= 0.6 is 11.3 Å². The van der Waals surface area contributed by atoms with Crippen molar-refractivity contribution in [1.82, 2.24) is 19.7 Å². The molecule has 0 saturated carbocycles. The predicted octanol–water partition coefficient (Wildman–Crippen LogP) is 5.19. The molecule has 3 aliphatic heterocycles. The first kappa shape index (κ1) is 30.1. The van der Waals surface area contributed by atoms with Crippen molar-refractivity contribution in [3.05, 3.63) is 42.5 Å². The quantitative estimate of drug-likeness (QED) is 0.347. The summed E-state index contributed by atoms with van der Waals surface area (Å²) in [4.78, 5) is 26.4. The van der Waals surface area contributed by atoms with Crippen LogP contribution in [0.1, 0.15) is 33.6 Å². The number of hydrogen-bond donors (Lipinski definition) is 0. The lowest BCUT2D eigenvalue weighted by molar-refractivity contribution is -0.0534. The summed E-state index contributed by atoms with van der Waals surface area (Å²) in [6.07, 6.45) is 2.69. The van der Waals surface area contributed by atoms with Gasteiger partial charge in [-0.3, -0.25) is 4.90 Å². The highest BCUT2D eigenvalue weighted by molar-refractivity contribution is 7.21. The highest BCUT2D eigenvalue weighted by Gasteiger charge is 2.32. The molecule has 0 N–H and O–H groups in total. The molecule has 1 amide bonds. The molecule has 3 aromatic rings. The second-order valence-corrected chi connectivity index (χ2v) is 13.9. The van der Waals surface area contributed by atoms with Gasteiger partial charge in [0.2, 0.25) is 0 Å². The lowest BCUT2D eigenvalue weighted by Crippen LogP contribution is -2.54. The average molecular weight is 608 g/mol. The van der Waals surface area contributed by atoms with Crippen LogP contribution in [0.5, 0.6) is 5.75 Å². The molecule has 4 heterocycles. The Balaban J connectivity index is 0.875. The summed E-state index contributed by atoms with van der Waals surface area (Å²) in [5, 5.41) is 1.03. The number of piperazine rings is 1. The first-order valence-electron chi connectivity index (χ1n) is 15.6. The third kappa shape index (κ3) is 7.60. The molecule has 0 spiro atoms. The predicted molar refractivity (Wildman–Crippen MR) is 172 cm³/mol. The lowest BCUT2D eigenvalue weighted by Gasteiger charge is -2.43. The topological polar surface area (TPSA) is 70.6 Å². The van der Waals surface area contributed by atoms with Gasteiger partial charge >= 0.3 is 6.09 Å². The number of piperidine rings is 1. The van der Waals surface area contributed by atoms with Gasteiger partial charge in [-0.15, -0.1) is 11.3 Å². The molecule has 10 heteroatoms. The van der Waals surface area contributed by atoms with Crippen molar-refractivity contribution < 1.29 is 19.0 Å². The summed E-state index contributed by atoms with van der Waals surface area (Å²) in [6, 6.07) is 14.8. The van der Waals surface area contributed by atoms with Gasteiger partial charge < -0.3 is 28.9 Å². The van der Waals surface area contributed by atoms with Gasteiger partial charge in [0.25, 0.3) is 0 Å². The normalized spacial score (nSPS) is 19.5. The minimum Gasteiger partial charge on any atom is -0.497 e. The largest absolute Gasteiger partial charge is 0.497 e. The van der Waals surface area contributed by atoms with Gasteiger partial charge in [-0.25, -0.2) is 9.78 Å². The molecule has 9 nitrogen and oxygen atoms in total. The zero-order valence-corrected chi connectivity index (χ0v) is 26.8. The van der Waals surface area contributed by atoms with Crippen LogP contribution in [-0.4, -0.2) is 116 Å². The molecule has 0 radical (unpaired) electrons. The first-order valence-corrected chi connectivity index (χ1v) is 16.4. The SMILES string of the molecule is COc1ccc2nc(-c3ccc(N4CC(OC5CCN(CCN6CCN(C(=O)OC(C)(C)C)CC6)CC5)C4)cc3)sc2c1. The van der Waals surface area contributed by atoms with E-state index in [1.807, 2.05) is 43.9 Å². The van der Waals surface area contributed by atoms with Crippen molar-refractivity contribution in [2.45, 2.75) is 51.4 Å². The van der Waals surface area contributed by atoms with E-state index in [0.29, 0.717) is 12.2 Å². The number of nitrogens with zero attached hydrogens (tertiary/aromatic N) is 5. The number of rotatable bonds is 8. The van der Waals surface area contributed by atoms with Crippen molar-refractivity contribution in [3.8, 4) is 16.3 Å². The molecule has 43 heavy (non-hydrogen) atoms. The van der Waals surface area contributed by atoms with Gasteiger partial charge in [0.15, 0.2) is 0 Å². The van der Waals surface area contributed by atoms with Gasteiger partial charge in [0.1, 0.15) is 16.4 Å². The van der Waals surface area contributed by atoms with E-state index >= 15 is 0 Å². The first-order chi connectivity index (χ1) is 20.7. The van der Waals surface area contributed by atoms with Crippen molar-refractivity contribution in [3.63, 3.8) is 0 Å². The molecule has 6 rings (SSSR count). The van der Waals surface area contributed by atoms with E-state index in [9.17, 15) is 4.79 Å². The zero-order valence-electron chi connectivity index (χ0n) is 26.0. The van der Waals surface area contributed by atoms with Gasteiger partial charge in [-0.1, -0.05) is 0 Å². The molecular weight excluding hydrogens is 562 g/mol. The minimum atomic E-state index is -0.441. The molecule has 0 atom stereocenters. The summed E-state index contributed by atoms with van der Waals surface area (Å²) >= 11 is 1.70. The molecular formula is C33H45N5O4S. The minimum absolute atomic E-state index is 0.191. The Morgan fingerprint density at radius 1 is 0.907 bits per heavy atom. The van der Waals surface area contributed by atoms with Crippen LogP contribution in [0, 0.1) is 0 Å². The second kappa shape index (κ2) is 13.0. The molecule has 3 fully saturated rings. The van der Waals surface area contributed by atoms with E-state index in [4.69, 9.17) is 19.2 Å². The number of carbonyl (C=O) groups is 1. The Morgan fingerprint density at radius 3 is 2.23 bits per heavy atom. The highest BCUT2D eigenvalue weighted by Crippen LogP contribution is 2.34. The Kier molecular flexibility index (Phi) is 9.09. The smallest absolute Gasteiger partial charge is 0.410 e. The Labute approximate surface area is 259 Å². The Bertz CT molecular complexity index is 1370. The van der Waals surface area contributed by atoms with Gasteiger partial charge in [0.05, 0.1) is 29.5 Å². The summed E-state index contributed by atoms with van der Waals surface area (Å²) in [6.45, 7) is 15.3. The second-order valence-electron chi connectivity index (χ2n) is 12.9. The number of benzene rings is 2. The van der Waals surface area contributed by atoms with Crippen LogP contribution in [0.15, 0.2) is 42.5 Å². The number of ether oxygens (including phenoxy) is 3. The van der Waals surface area contributed by atoms with Gasteiger partial charge in [-0.05, 0) is 76.1 Å². The fourth-order valence-electron chi connectivity index (χ4n) is 6.01. The van der Waals surface area contributed by atoms with Gasteiger partial charge in [0, 0.05) is 76.7 Å². The molecule has 2 aromatic carbocycles. The van der Waals surface area contributed by atoms with Crippen molar-refractivity contribution in [2.24, 2.45) is 0 Å². The average Bonchev–Trinajstić information content (AvgIpc) is 3.41. The van der Waals surface area contributed by atoms with E-state index < -0.39 is 5.60 Å². The Hall–Kier alpha value is -2.92. The van der Waals surface area contributed by atoms with E-state index in [0.717, 1.165) is 105 Å². The van der Waals surface area contributed by atoms with Crippen LogP contribution in [0.2, 0.25) is 0 Å². The summed E-state index contributed by atoms with van der Waals surface area (Å²) in [5.74, 6) is 0.863. The number of aromatic nitrogens is 1. The number of amides is 1. The number of fused-ring (bicyclic) bond motifs is 1. The molecule has 232 valence electrons. The molecule has 3 saturated heterocycles. The van der Waals surface area contributed by atoms with Crippen LogP contribution < -0.4 is 9.64 Å². The fourth-order valence-corrected chi connectivity index (χ4v) is 7.01. The third-order valence-corrected chi connectivity index (χ3v) is 9.67. The van der Waals surface area contributed by atoms with Crippen LogP contribution in [-0.2, 0) is 9.47 Å². The molecule has 3 aliphatic rings. The molecule has 0 bridgehead atoms. The van der Waals surface area contributed by atoms with Crippen molar-refractivity contribution in [1.29, 1.82) is 0 Å². The Morgan fingerprint density at radius 2 is 1.58 bits per heavy atom. The monoisotopic (exact) mass is 607 g/mol. The van der Waals surface area contributed by atoms with Crippen molar-refractivity contribution in [2.75, 3.05) is 77.5 Å². The number of carbonyl (C=O) groups excluding carboxylic acids is 1.